The first kappa shape index (κ1) is 47.6. The van der Waals surface area contributed by atoms with Crippen LogP contribution < -0.4 is 10.6 Å². The zero-order valence-electron chi connectivity index (χ0n) is 24.9. The molecule has 0 amide bonds. The molecule has 0 aliphatic heterocycles. The Morgan fingerprint density at radius 2 is 0.942 bits per heavy atom. The third-order valence-electron chi connectivity index (χ3n) is 7.00. The lowest BCUT2D eigenvalue weighted by Crippen LogP contribution is -2.76. The van der Waals surface area contributed by atoms with Crippen molar-refractivity contribution in [2.75, 3.05) is 36.4 Å². The Hall–Kier alpha value is -2.44. The highest BCUT2D eigenvalue weighted by atomic mass is 35.5. The minimum Gasteiger partial charge on any atom is -0.464 e. The van der Waals surface area contributed by atoms with E-state index in [1.165, 1.54) is 24.3 Å². The Bertz CT molecular complexity index is 1350. The number of benzene rings is 1. The number of alkyl halides is 23. The topological polar surface area (TPSA) is 55.6 Å². The fraction of sp³-hybridized carbons (Fsp3) is 0.720. The number of rotatable bonds is 19. The molecule has 2 N–H and O–H groups in total. The molecule has 0 bridgehead atoms. The second kappa shape index (κ2) is 15.4. The number of halogens is 23. The normalized spacial score (nSPS) is 15.5. The number of nitrogens with zero attached hydrogens (tertiary/aromatic N) is 1. The first-order chi connectivity index (χ1) is 23.0. The van der Waals surface area contributed by atoms with Crippen LogP contribution in [0.5, 0.6) is 0 Å². The molecule has 0 aliphatic rings. The van der Waals surface area contributed by atoms with Crippen LogP contribution in [-0.2, 0) is 16.0 Å². The maximum Gasteiger partial charge on any atom is 0.460 e. The van der Waals surface area contributed by atoms with Crippen LogP contribution in [0.4, 0.5) is 97.9 Å². The smallest absolute Gasteiger partial charge is 0.460 e. The number of hydrogen-bond donors (Lipinski definition) is 1. The monoisotopic (exact) mass is 850 g/mol. The van der Waals surface area contributed by atoms with Crippen molar-refractivity contribution < 1.29 is 102 Å². The first-order valence-corrected chi connectivity index (χ1v) is 14.4. The fourth-order valence-corrected chi connectivity index (χ4v) is 4.30. The summed E-state index contributed by atoms with van der Waals surface area (Å²) in [5.41, 5.74) is 6.23. The van der Waals surface area contributed by atoms with Gasteiger partial charge in [0.05, 0.1) is 13.0 Å². The molecule has 0 fully saturated rings. The number of hydrogen-bond acceptors (Lipinski definition) is 4. The Labute approximate surface area is 287 Å². The average molecular weight is 851 g/mol. The summed E-state index contributed by atoms with van der Waals surface area (Å²) in [6.45, 7) is -1.54. The minimum absolute atomic E-state index is 0.182. The van der Waals surface area contributed by atoms with E-state index in [4.69, 9.17) is 28.9 Å². The molecule has 0 unspecified atom stereocenters. The van der Waals surface area contributed by atoms with Gasteiger partial charge in [-0.2, -0.15) is 92.2 Å². The zero-order valence-corrected chi connectivity index (χ0v) is 26.4. The fourth-order valence-electron chi connectivity index (χ4n) is 3.89. The van der Waals surface area contributed by atoms with Gasteiger partial charge in [0.1, 0.15) is 6.04 Å². The maximum absolute atomic E-state index is 14.1. The van der Waals surface area contributed by atoms with Crippen molar-refractivity contribution in [3.63, 3.8) is 0 Å². The summed E-state index contributed by atoms with van der Waals surface area (Å²) in [6, 6.07) is 3.78. The van der Waals surface area contributed by atoms with Crippen molar-refractivity contribution in [3.8, 4) is 0 Å². The summed E-state index contributed by atoms with van der Waals surface area (Å²) in [7, 11) is 0. The predicted molar refractivity (Wildman–Crippen MR) is 138 cm³/mol. The summed E-state index contributed by atoms with van der Waals surface area (Å²) in [5.74, 6) is -79.3. The highest BCUT2D eigenvalue weighted by molar-refractivity contribution is 6.18. The summed E-state index contributed by atoms with van der Waals surface area (Å²) >= 11 is 11.3. The molecule has 0 saturated heterocycles. The van der Waals surface area contributed by atoms with Crippen molar-refractivity contribution in [2.24, 2.45) is 5.73 Å². The molecule has 0 aromatic heterocycles. The second-order valence-corrected chi connectivity index (χ2v) is 11.3. The number of esters is 1. The van der Waals surface area contributed by atoms with Crippen LogP contribution in [0.3, 0.4) is 0 Å². The van der Waals surface area contributed by atoms with Gasteiger partial charge in [-0.25, -0.2) is 0 Å². The van der Waals surface area contributed by atoms with Crippen molar-refractivity contribution >= 4 is 34.9 Å². The predicted octanol–water partition coefficient (Wildman–Crippen LogP) is 9.05. The summed E-state index contributed by atoms with van der Waals surface area (Å²) in [4.78, 5) is 13.7. The Morgan fingerprint density at radius 3 is 1.29 bits per heavy atom. The molecule has 0 radical (unpaired) electrons. The number of nitrogens with two attached hydrogens (primary N) is 1. The lowest BCUT2D eigenvalue weighted by Gasteiger charge is -2.44. The highest BCUT2D eigenvalue weighted by Gasteiger charge is 2.97. The molecule has 0 heterocycles. The summed E-state index contributed by atoms with van der Waals surface area (Å²) in [5, 5.41) is 0. The molecule has 1 aromatic carbocycles. The van der Waals surface area contributed by atoms with Gasteiger partial charge in [0, 0.05) is 30.5 Å². The van der Waals surface area contributed by atoms with Crippen molar-refractivity contribution in [1.29, 1.82) is 0 Å². The molecule has 1 atom stereocenters. The van der Waals surface area contributed by atoms with Crippen molar-refractivity contribution in [3.05, 3.63) is 29.8 Å². The molecular weight excluding hydrogens is 830 g/mol. The van der Waals surface area contributed by atoms with Crippen LogP contribution in [0.25, 0.3) is 0 Å². The Balaban J connectivity index is 3.24. The quantitative estimate of drug-likeness (QED) is 0.0859. The molecule has 0 aliphatic carbocycles. The number of ether oxygens (including phenoxy) is 1. The second-order valence-electron chi connectivity index (χ2n) is 10.6. The van der Waals surface area contributed by atoms with Gasteiger partial charge in [-0.1, -0.05) is 12.1 Å². The molecule has 304 valence electrons. The van der Waals surface area contributed by atoms with Crippen LogP contribution in [-0.4, -0.2) is 103 Å². The maximum atomic E-state index is 14.1. The number of carbonyl (C=O) groups excluding carboxylic acids is 1. The molecule has 27 heteroatoms. The highest BCUT2D eigenvalue weighted by Crippen LogP contribution is 2.66. The molecule has 0 saturated carbocycles. The largest absolute Gasteiger partial charge is 0.464 e. The van der Waals surface area contributed by atoms with Crippen LogP contribution in [0, 0.1) is 0 Å². The lowest BCUT2D eigenvalue weighted by atomic mass is 9.86. The van der Waals surface area contributed by atoms with E-state index >= 15 is 0 Å². The van der Waals surface area contributed by atoms with Crippen molar-refractivity contribution in [1.82, 2.24) is 0 Å². The van der Waals surface area contributed by atoms with Crippen LogP contribution in [0.1, 0.15) is 12.0 Å². The van der Waals surface area contributed by atoms with E-state index in [2.05, 4.69) is 4.74 Å². The van der Waals surface area contributed by atoms with E-state index in [0.29, 0.717) is 18.8 Å². The van der Waals surface area contributed by atoms with Gasteiger partial charge in [0.15, 0.2) is 0 Å². The van der Waals surface area contributed by atoms with Crippen LogP contribution in [0.15, 0.2) is 24.3 Å². The average Bonchev–Trinajstić information content (AvgIpc) is 2.99. The van der Waals surface area contributed by atoms with Gasteiger partial charge in [0.2, 0.25) is 0 Å². The Morgan fingerprint density at radius 1 is 0.596 bits per heavy atom. The van der Waals surface area contributed by atoms with E-state index in [0.717, 1.165) is 0 Å². The third-order valence-corrected chi connectivity index (χ3v) is 7.34. The van der Waals surface area contributed by atoms with Crippen LogP contribution >= 0.6 is 23.2 Å². The lowest BCUT2D eigenvalue weighted by molar-refractivity contribution is -0.474. The van der Waals surface area contributed by atoms with Crippen LogP contribution in [0.2, 0.25) is 0 Å². The van der Waals surface area contributed by atoms with Gasteiger partial charge in [-0.05, 0) is 24.1 Å². The SMILES string of the molecule is N[C@@H](Cc1ccc(N(CCCl)CCCl)cc1)C(=O)OCCC(F)(F)C(F)(F)C(F)(F)C(F)(F)C(F)(F)C(F)(F)C(F)(F)C(F)(F)C(F)(F)C(F)(F)F. The van der Waals surface area contributed by atoms with E-state index in [1.807, 2.05) is 0 Å². The summed E-state index contributed by atoms with van der Waals surface area (Å²) < 4.78 is 287. The van der Waals surface area contributed by atoms with Gasteiger partial charge in [-0.15, -0.1) is 23.2 Å². The van der Waals surface area contributed by atoms with E-state index in [9.17, 15) is 97.0 Å². The minimum atomic E-state index is -9.25. The molecule has 0 spiro atoms. The van der Waals surface area contributed by atoms with Gasteiger partial charge in [-0.3, -0.25) is 4.79 Å². The molecule has 4 nitrogen and oxygen atoms in total. The van der Waals surface area contributed by atoms with E-state index in [-0.39, 0.29) is 17.3 Å². The molecular formula is C25H21Cl2F21N2O2. The van der Waals surface area contributed by atoms with Crippen molar-refractivity contribution in [2.45, 2.75) is 78.4 Å². The standard InChI is InChI=1S/C25H21Cl2F21N2O2/c26-6-8-50(9-7-27)13-3-1-12(2-4-13)11-14(49)15(51)52-10-5-16(28,29)17(30,31)18(32,33)19(34,35)20(36,37)21(38,39)22(40,41)23(42,43)24(44,45)25(46,47)48/h1-4,14H,5-11,49H2/t14-/m0/s1. The van der Waals surface area contributed by atoms with E-state index in [1.54, 1.807) is 4.90 Å². The third kappa shape index (κ3) is 7.99. The molecule has 52 heavy (non-hydrogen) atoms. The number of anilines is 1. The summed E-state index contributed by atoms with van der Waals surface area (Å²) in [6.07, 6.45) is -11.6. The van der Waals surface area contributed by atoms with Gasteiger partial charge < -0.3 is 15.4 Å². The number of carbonyl (C=O) groups is 1. The molecule has 1 rings (SSSR count). The van der Waals surface area contributed by atoms with Gasteiger partial charge >= 0.3 is 65.4 Å². The van der Waals surface area contributed by atoms with E-state index < -0.39 is 90.9 Å². The first-order valence-electron chi connectivity index (χ1n) is 13.4. The zero-order chi connectivity index (χ0) is 41.4. The van der Waals surface area contributed by atoms with Gasteiger partial charge in [0.25, 0.3) is 0 Å². The molecule has 1 aromatic rings. The Kier molecular flexibility index (Phi) is 14.1.